The fourth-order valence-corrected chi connectivity index (χ4v) is 1.91. The van der Waals surface area contributed by atoms with Gasteiger partial charge >= 0.3 is 0 Å². The molecule has 2 atom stereocenters. The van der Waals surface area contributed by atoms with E-state index < -0.39 is 0 Å². The van der Waals surface area contributed by atoms with Crippen molar-refractivity contribution in [1.82, 2.24) is 4.90 Å². The molecule has 0 bridgehead atoms. The highest BCUT2D eigenvalue weighted by atomic mass is 35.5. The van der Waals surface area contributed by atoms with Crippen LogP contribution in [0.3, 0.4) is 0 Å². The smallest absolute Gasteiger partial charge is 0.254 e. The predicted octanol–water partition coefficient (Wildman–Crippen LogP) is 2.48. The summed E-state index contributed by atoms with van der Waals surface area (Å²) in [6.07, 6.45) is -0.163. The average Bonchev–Trinajstić information content (AvgIpc) is 3.05. The molecule has 1 amide bonds. The number of halogens is 1. The van der Waals surface area contributed by atoms with Gasteiger partial charge in [0.05, 0.1) is 6.10 Å². The minimum atomic E-state index is -0.234. The Morgan fingerprint density at radius 2 is 2.00 bits per heavy atom. The molecule has 1 fully saturated rings. The van der Waals surface area contributed by atoms with E-state index in [1.165, 1.54) is 0 Å². The Morgan fingerprint density at radius 1 is 1.41 bits per heavy atom. The van der Waals surface area contributed by atoms with E-state index in [4.69, 9.17) is 16.3 Å². The van der Waals surface area contributed by atoms with Gasteiger partial charge in [0.15, 0.2) is 6.10 Å². The number of hydrogen-bond acceptors (Lipinski definition) is 2. The topological polar surface area (TPSA) is 32.8 Å². The Morgan fingerprint density at radius 3 is 2.47 bits per heavy atom. The molecule has 0 unspecified atom stereocenters. The monoisotopic (exact) mass is 253 g/mol. The van der Waals surface area contributed by atoms with E-state index in [1.54, 1.807) is 4.90 Å². The number of amides is 1. The zero-order valence-corrected chi connectivity index (χ0v) is 10.8. The minimum absolute atomic E-state index is 0.0711. The summed E-state index contributed by atoms with van der Waals surface area (Å²) >= 11 is 5.82. The Bertz CT molecular complexity index is 404. The Balaban J connectivity index is 1.99. The zero-order chi connectivity index (χ0) is 12.4. The van der Waals surface area contributed by atoms with Crippen molar-refractivity contribution in [3.63, 3.8) is 0 Å². The lowest BCUT2D eigenvalue weighted by molar-refractivity contribution is -0.132. The molecule has 0 spiro atoms. The average molecular weight is 254 g/mol. The molecule has 1 aliphatic heterocycles. The van der Waals surface area contributed by atoms with Gasteiger partial charge in [-0.1, -0.05) is 23.7 Å². The number of carbonyl (C=O) groups is 1. The van der Waals surface area contributed by atoms with Gasteiger partial charge in [-0.05, 0) is 31.5 Å². The third-order valence-electron chi connectivity index (χ3n) is 2.93. The molecule has 1 heterocycles. The number of nitrogens with zero attached hydrogens (tertiary/aromatic N) is 1. The summed E-state index contributed by atoms with van der Waals surface area (Å²) in [5, 5.41) is 0.710. The van der Waals surface area contributed by atoms with Gasteiger partial charge in [-0.25, -0.2) is 0 Å². The summed E-state index contributed by atoms with van der Waals surface area (Å²) in [4.78, 5) is 13.8. The van der Waals surface area contributed by atoms with Gasteiger partial charge in [0.2, 0.25) is 0 Å². The minimum Gasteiger partial charge on any atom is -0.359 e. The predicted molar refractivity (Wildman–Crippen MR) is 66.9 cm³/mol. The molecule has 0 N–H and O–H groups in total. The van der Waals surface area contributed by atoms with Gasteiger partial charge in [-0.2, -0.15) is 0 Å². The van der Waals surface area contributed by atoms with Crippen molar-refractivity contribution < 1.29 is 9.53 Å². The van der Waals surface area contributed by atoms with Crippen molar-refractivity contribution in [2.45, 2.75) is 32.6 Å². The number of hydrogen-bond donors (Lipinski definition) is 0. The Hall–Kier alpha value is -1.06. The fraction of sp³-hybridized carbons (Fsp3) is 0.462. The first-order valence-electron chi connectivity index (χ1n) is 5.80. The molecule has 0 saturated carbocycles. The third kappa shape index (κ3) is 2.99. The van der Waals surface area contributed by atoms with E-state index in [2.05, 4.69) is 0 Å². The maximum absolute atomic E-state index is 12.0. The van der Waals surface area contributed by atoms with Crippen molar-refractivity contribution in [3.05, 3.63) is 34.9 Å². The van der Waals surface area contributed by atoms with Crippen molar-refractivity contribution in [2.75, 3.05) is 6.54 Å². The number of epoxide rings is 1. The Labute approximate surface area is 106 Å². The number of carbonyl (C=O) groups excluding carboxylic acids is 1. The lowest BCUT2D eigenvalue weighted by Crippen LogP contribution is -2.34. The van der Waals surface area contributed by atoms with Crippen LogP contribution in [0, 0.1) is 0 Å². The van der Waals surface area contributed by atoms with Gasteiger partial charge in [0.1, 0.15) is 0 Å². The van der Waals surface area contributed by atoms with Crippen molar-refractivity contribution >= 4 is 17.5 Å². The number of ether oxygens (including phenoxy) is 1. The van der Waals surface area contributed by atoms with Crippen LogP contribution in [0.5, 0.6) is 0 Å². The quantitative estimate of drug-likeness (QED) is 0.773. The third-order valence-corrected chi connectivity index (χ3v) is 3.19. The van der Waals surface area contributed by atoms with Crippen LogP contribution in [0.25, 0.3) is 0 Å². The normalized spacial score (nSPS) is 22.3. The zero-order valence-electron chi connectivity index (χ0n) is 10.0. The standard InChI is InChI=1S/C13H16ClNO2/c1-3-15(13(16)12-9(2)17-12)8-10-4-6-11(14)7-5-10/h4-7,9,12H,3,8H2,1-2H3/t9-,12+/m0/s1. The highest BCUT2D eigenvalue weighted by molar-refractivity contribution is 6.30. The molecule has 4 heteroatoms. The molecule has 0 aromatic heterocycles. The molecular weight excluding hydrogens is 238 g/mol. The summed E-state index contributed by atoms with van der Waals surface area (Å²) in [5.74, 6) is 0.0787. The SMILES string of the molecule is CCN(Cc1ccc(Cl)cc1)C(=O)[C@@H]1O[C@H]1C. The second-order valence-electron chi connectivity index (χ2n) is 4.24. The van der Waals surface area contributed by atoms with Gasteiger partial charge in [-0.15, -0.1) is 0 Å². The highest BCUT2D eigenvalue weighted by Crippen LogP contribution is 2.24. The van der Waals surface area contributed by atoms with Crippen LogP contribution in [0.4, 0.5) is 0 Å². The van der Waals surface area contributed by atoms with Gasteiger partial charge in [0.25, 0.3) is 5.91 Å². The fourth-order valence-electron chi connectivity index (χ4n) is 1.78. The summed E-state index contributed by atoms with van der Waals surface area (Å²) < 4.78 is 5.21. The highest BCUT2D eigenvalue weighted by Gasteiger charge is 2.43. The van der Waals surface area contributed by atoms with Crippen molar-refractivity contribution in [3.8, 4) is 0 Å². The van der Waals surface area contributed by atoms with Crippen LogP contribution in [0.2, 0.25) is 5.02 Å². The molecule has 92 valence electrons. The first-order chi connectivity index (χ1) is 8.11. The number of likely N-dealkylation sites (N-methyl/N-ethyl adjacent to an activating group) is 1. The van der Waals surface area contributed by atoms with E-state index in [1.807, 2.05) is 38.1 Å². The first kappa shape index (κ1) is 12.4. The maximum atomic E-state index is 12.0. The van der Waals surface area contributed by atoms with E-state index >= 15 is 0 Å². The van der Waals surface area contributed by atoms with E-state index in [9.17, 15) is 4.79 Å². The van der Waals surface area contributed by atoms with E-state index in [0.29, 0.717) is 18.1 Å². The summed E-state index contributed by atoms with van der Waals surface area (Å²) in [5.41, 5.74) is 1.08. The van der Waals surface area contributed by atoms with E-state index in [-0.39, 0.29) is 18.1 Å². The van der Waals surface area contributed by atoms with Crippen molar-refractivity contribution in [1.29, 1.82) is 0 Å². The van der Waals surface area contributed by atoms with Crippen LogP contribution >= 0.6 is 11.6 Å². The van der Waals surface area contributed by atoms with Crippen LogP contribution in [0.15, 0.2) is 24.3 Å². The van der Waals surface area contributed by atoms with Gasteiger partial charge < -0.3 is 9.64 Å². The molecule has 2 rings (SSSR count). The second kappa shape index (κ2) is 5.07. The molecule has 3 nitrogen and oxygen atoms in total. The van der Waals surface area contributed by atoms with Crippen LogP contribution < -0.4 is 0 Å². The first-order valence-corrected chi connectivity index (χ1v) is 6.18. The molecule has 17 heavy (non-hydrogen) atoms. The largest absolute Gasteiger partial charge is 0.359 e. The van der Waals surface area contributed by atoms with Crippen molar-refractivity contribution in [2.24, 2.45) is 0 Å². The molecule has 1 aromatic rings. The molecule has 0 radical (unpaired) electrons. The summed E-state index contributed by atoms with van der Waals surface area (Å²) in [6.45, 7) is 5.19. The lowest BCUT2D eigenvalue weighted by Gasteiger charge is -2.20. The van der Waals surface area contributed by atoms with Gasteiger partial charge in [-0.3, -0.25) is 4.79 Å². The van der Waals surface area contributed by atoms with Crippen LogP contribution in [-0.2, 0) is 16.1 Å². The van der Waals surface area contributed by atoms with Gasteiger partial charge in [0, 0.05) is 18.1 Å². The maximum Gasteiger partial charge on any atom is 0.254 e. The van der Waals surface area contributed by atoms with Crippen LogP contribution in [-0.4, -0.2) is 29.6 Å². The summed E-state index contributed by atoms with van der Waals surface area (Å²) in [7, 11) is 0. The second-order valence-corrected chi connectivity index (χ2v) is 4.68. The number of rotatable bonds is 4. The van der Waals surface area contributed by atoms with E-state index in [0.717, 1.165) is 5.56 Å². The Kier molecular flexibility index (Phi) is 3.69. The molecule has 1 saturated heterocycles. The lowest BCUT2D eigenvalue weighted by atomic mass is 10.2. The molecular formula is C13H16ClNO2. The number of benzene rings is 1. The summed E-state index contributed by atoms with van der Waals surface area (Å²) in [6, 6.07) is 7.56. The van der Waals surface area contributed by atoms with Crippen LogP contribution in [0.1, 0.15) is 19.4 Å². The molecule has 0 aliphatic carbocycles. The molecule has 1 aromatic carbocycles. The molecule has 1 aliphatic rings.